The maximum atomic E-state index is 12.5. The average Bonchev–Trinajstić information content (AvgIpc) is 3.07. The first kappa shape index (κ1) is 18.5. The maximum Gasteiger partial charge on any atom is 0.310 e. The highest BCUT2D eigenvalue weighted by molar-refractivity contribution is 5.74. The lowest BCUT2D eigenvalue weighted by Crippen LogP contribution is -2.25. The van der Waals surface area contributed by atoms with E-state index in [9.17, 15) is 4.79 Å². The van der Waals surface area contributed by atoms with Crippen LogP contribution in [0.25, 0.3) is 0 Å². The van der Waals surface area contributed by atoms with E-state index in [0.717, 1.165) is 25.4 Å². The van der Waals surface area contributed by atoms with Gasteiger partial charge < -0.3 is 9.47 Å². The third-order valence-corrected chi connectivity index (χ3v) is 4.85. The molecular formula is C22H27NO3. The van der Waals surface area contributed by atoms with Gasteiger partial charge in [-0.05, 0) is 37.1 Å². The number of esters is 1. The molecule has 4 heteroatoms. The number of rotatable bonds is 7. The Morgan fingerprint density at radius 1 is 1.00 bits per heavy atom. The van der Waals surface area contributed by atoms with Crippen molar-refractivity contribution in [2.24, 2.45) is 5.92 Å². The first-order chi connectivity index (χ1) is 12.7. The lowest BCUT2D eigenvalue weighted by molar-refractivity contribution is -0.148. The predicted octanol–water partition coefficient (Wildman–Crippen LogP) is 3.86. The van der Waals surface area contributed by atoms with Gasteiger partial charge in [0.1, 0.15) is 5.75 Å². The summed E-state index contributed by atoms with van der Waals surface area (Å²) in [4.78, 5) is 14.9. The summed E-state index contributed by atoms with van der Waals surface area (Å²) >= 11 is 0. The fraction of sp³-hybridized carbons (Fsp3) is 0.409. The van der Waals surface area contributed by atoms with Crippen LogP contribution in [0.15, 0.2) is 54.6 Å². The summed E-state index contributed by atoms with van der Waals surface area (Å²) in [6, 6.07) is 18.5. The molecule has 2 aromatic carbocycles. The molecule has 4 nitrogen and oxygen atoms in total. The van der Waals surface area contributed by atoms with Crippen molar-refractivity contribution in [2.75, 3.05) is 26.3 Å². The van der Waals surface area contributed by atoms with E-state index in [1.807, 2.05) is 32.0 Å². The van der Waals surface area contributed by atoms with Crippen molar-refractivity contribution in [2.45, 2.75) is 26.3 Å². The Balaban J connectivity index is 1.77. The number of benzene rings is 2. The van der Waals surface area contributed by atoms with Crippen LogP contribution in [-0.2, 0) is 16.1 Å². The molecule has 2 atom stereocenters. The van der Waals surface area contributed by atoms with Crippen LogP contribution >= 0.6 is 0 Å². The van der Waals surface area contributed by atoms with Gasteiger partial charge in [0, 0.05) is 25.6 Å². The van der Waals surface area contributed by atoms with Gasteiger partial charge in [0.15, 0.2) is 0 Å². The van der Waals surface area contributed by atoms with E-state index in [4.69, 9.17) is 9.47 Å². The minimum absolute atomic E-state index is 0.0954. The molecule has 0 saturated carbocycles. The molecule has 0 spiro atoms. The monoisotopic (exact) mass is 353 g/mol. The van der Waals surface area contributed by atoms with Gasteiger partial charge in [-0.2, -0.15) is 0 Å². The number of nitrogens with zero attached hydrogens (tertiary/aromatic N) is 1. The zero-order chi connectivity index (χ0) is 18.4. The summed E-state index contributed by atoms with van der Waals surface area (Å²) in [5, 5.41) is 0. The minimum atomic E-state index is -0.128. The van der Waals surface area contributed by atoms with Gasteiger partial charge in [-0.25, -0.2) is 0 Å². The second-order valence-electron chi connectivity index (χ2n) is 6.65. The van der Waals surface area contributed by atoms with Crippen LogP contribution in [0.1, 0.15) is 30.9 Å². The first-order valence-electron chi connectivity index (χ1n) is 9.37. The van der Waals surface area contributed by atoms with E-state index in [2.05, 4.69) is 41.3 Å². The quantitative estimate of drug-likeness (QED) is 0.709. The molecule has 1 aliphatic rings. The summed E-state index contributed by atoms with van der Waals surface area (Å²) in [5.41, 5.74) is 2.43. The predicted molar refractivity (Wildman–Crippen MR) is 102 cm³/mol. The van der Waals surface area contributed by atoms with Gasteiger partial charge in [-0.1, -0.05) is 42.5 Å². The van der Waals surface area contributed by atoms with E-state index >= 15 is 0 Å². The van der Waals surface area contributed by atoms with Crippen LogP contribution in [0.3, 0.4) is 0 Å². The van der Waals surface area contributed by atoms with Crippen molar-refractivity contribution in [1.29, 1.82) is 0 Å². The number of hydrogen-bond donors (Lipinski definition) is 0. The molecule has 0 amide bonds. The Morgan fingerprint density at radius 3 is 2.38 bits per heavy atom. The lowest BCUT2D eigenvalue weighted by atomic mass is 9.89. The summed E-state index contributed by atoms with van der Waals surface area (Å²) in [7, 11) is 0. The Hall–Kier alpha value is -2.33. The van der Waals surface area contributed by atoms with Crippen molar-refractivity contribution in [3.8, 4) is 5.75 Å². The topological polar surface area (TPSA) is 38.8 Å². The van der Waals surface area contributed by atoms with E-state index in [0.29, 0.717) is 13.2 Å². The molecular weight excluding hydrogens is 326 g/mol. The highest BCUT2D eigenvalue weighted by Gasteiger charge is 2.39. The van der Waals surface area contributed by atoms with Gasteiger partial charge in [0.25, 0.3) is 0 Å². The van der Waals surface area contributed by atoms with Crippen molar-refractivity contribution < 1.29 is 14.3 Å². The van der Waals surface area contributed by atoms with Gasteiger partial charge in [0.2, 0.25) is 0 Å². The Labute approximate surface area is 155 Å². The molecule has 1 saturated heterocycles. The van der Waals surface area contributed by atoms with Crippen molar-refractivity contribution in [3.63, 3.8) is 0 Å². The summed E-state index contributed by atoms with van der Waals surface area (Å²) in [6.45, 7) is 7.34. The number of carbonyl (C=O) groups is 1. The van der Waals surface area contributed by atoms with Crippen LogP contribution in [-0.4, -0.2) is 37.2 Å². The van der Waals surface area contributed by atoms with Gasteiger partial charge >= 0.3 is 5.97 Å². The minimum Gasteiger partial charge on any atom is -0.494 e. The molecule has 2 unspecified atom stereocenters. The number of hydrogen-bond acceptors (Lipinski definition) is 4. The molecule has 1 aliphatic heterocycles. The molecule has 1 fully saturated rings. The van der Waals surface area contributed by atoms with Crippen molar-refractivity contribution in [1.82, 2.24) is 4.90 Å². The maximum absolute atomic E-state index is 12.5. The SMILES string of the molecule is CCOC(=O)C1CN(Cc2ccccc2)CC1c1ccc(OCC)cc1. The molecule has 138 valence electrons. The van der Waals surface area contributed by atoms with E-state index in [1.165, 1.54) is 11.1 Å². The van der Waals surface area contributed by atoms with Gasteiger partial charge in [-0.3, -0.25) is 9.69 Å². The highest BCUT2D eigenvalue weighted by Crippen LogP contribution is 2.35. The molecule has 0 N–H and O–H groups in total. The van der Waals surface area contributed by atoms with Gasteiger partial charge in [-0.15, -0.1) is 0 Å². The Kier molecular flexibility index (Phi) is 6.29. The van der Waals surface area contributed by atoms with Crippen LogP contribution < -0.4 is 4.74 Å². The summed E-state index contributed by atoms with van der Waals surface area (Å²) in [6.07, 6.45) is 0. The fourth-order valence-corrected chi connectivity index (χ4v) is 3.66. The fourth-order valence-electron chi connectivity index (χ4n) is 3.66. The van der Waals surface area contributed by atoms with Crippen molar-refractivity contribution in [3.05, 3.63) is 65.7 Å². The Bertz CT molecular complexity index is 699. The third kappa shape index (κ3) is 4.44. The smallest absolute Gasteiger partial charge is 0.310 e. The third-order valence-electron chi connectivity index (χ3n) is 4.85. The van der Waals surface area contributed by atoms with Crippen LogP contribution in [0.5, 0.6) is 5.75 Å². The standard InChI is InChI=1S/C22H27NO3/c1-3-25-19-12-10-18(11-13-19)20-15-23(14-17-8-6-5-7-9-17)16-21(20)22(24)26-4-2/h5-13,20-21H,3-4,14-16H2,1-2H3. The molecule has 0 aromatic heterocycles. The highest BCUT2D eigenvalue weighted by atomic mass is 16.5. The largest absolute Gasteiger partial charge is 0.494 e. The average molecular weight is 353 g/mol. The Morgan fingerprint density at radius 2 is 1.73 bits per heavy atom. The molecule has 3 rings (SSSR count). The molecule has 0 radical (unpaired) electrons. The first-order valence-corrected chi connectivity index (χ1v) is 9.37. The van der Waals surface area contributed by atoms with E-state index in [-0.39, 0.29) is 17.8 Å². The molecule has 0 aliphatic carbocycles. The molecule has 2 aromatic rings. The zero-order valence-electron chi connectivity index (χ0n) is 15.6. The van der Waals surface area contributed by atoms with Crippen LogP contribution in [0.4, 0.5) is 0 Å². The number of carbonyl (C=O) groups excluding carboxylic acids is 1. The number of likely N-dealkylation sites (tertiary alicyclic amines) is 1. The number of ether oxygens (including phenoxy) is 2. The van der Waals surface area contributed by atoms with E-state index in [1.54, 1.807) is 0 Å². The molecule has 0 bridgehead atoms. The van der Waals surface area contributed by atoms with Crippen LogP contribution in [0.2, 0.25) is 0 Å². The zero-order valence-corrected chi connectivity index (χ0v) is 15.6. The lowest BCUT2D eigenvalue weighted by Gasteiger charge is -2.18. The second kappa shape index (κ2) is 8.86. The molecule has 26 heavy (non-hydrogen) atoms. The summed E-state index contributed by atoms with van der Waals surface area (Å²) in [5.74, 6) is 0.787. The van der Waals surface area contributed by atoms with E-state index < -0.39 is 0 Å². The second-order valence-corrected chi connectivity index (χ2v) is 6.65. The normalized spacial score (nSPS) is 20.1. The summed E-state index contributed by atoms with van der Waals surface area (Å²) < 4.78 is 10.9. The van der Waals surface area contributed by atoms with Gasteiger partial charge in [0.05, 0.1) is 19.1 Å². The van der Waals surface area contributed by atoms with Crippen molar-refractivity contribution >= 4 is 5.97 Å². The molecule has 1 heterocycles. The van der Waals surface area contributed by atoms with Crippen LogP contribution in [0, 0.1) is 5.92 Å².